The number of carbonyl (C=O) groups excluding carboxylic acids is 2. The van der Waals surface area contributed by atoms with Crippen molar-refractivity contribution in [2.45, 2.75) is 78.2 Å². The van der Waals surface area contributed by atoms with E-state index in [0.717, 1.165) is 5.46 Å². The summed E-state index contributed by atoms with van der Waals surface area (Å²) in [5.41, 5.74) is -0.652. The molecule has 0 spiro atoms. The van der Waals surface area contributed by atoms with Crippen LogP contribution in [0.2, 0.25) is 0 Å². The van der Waals surface area contributed by atoms with Gasteiger partial charge in [0.25, 0.3) is 12.9 Å². The summed E-state index contributed by atoms with van der Waals surface area (Å²) in [6.45, 7) is 11.6. The maximum Gasteiger partial charge on any atom is 0.495 e. The van der Waals surface area contributed by atoms with Gasteiger partial charge in [0, 0.05) is 6.54 Å². The van der Waals surface area contributed by atoms with E-state index < -0.39 is 43.3 Å². The molecule has 0 radical (unpaired) electrons. The van der Waals surface area contributed by atoms with Crippen LogP contribution < -0.4 is 10.8 Å². The molecule has 4 rings (SSSR count). The van der Waals surface area contributed by atoms with Gasteiger partial charge in [-0.3, -0.25) is 14.5 Å². The van der Waals surface area contributed by atoms with Crippen molar-refractivity contribution < 1.29 is 45.6 Å². The van der Waals surface area contributed by atoms with Crippen LogP contribution in [0, 0.1) is 12.3 Å². The number of amides is 1. The summed E-state index contributed by atoms with van der Waals surface area (Å²) >= 11 is 0. The van der Waals surface area contributed by atoms with E-state index in [1.54, 1.807) is 0 Å². The molecule has 1 N–H and O–H groups in total. The molecule has 2 heterocycles. The minimum absolute atomic E-state index is 0.109. The number of piperidine rings is 1. The zero-order chi connectivity index (χ0) is 32.6. The minimum Gasteiger partial charge on any atom is -0.471 e. The number of fused-ring (bicyclic) bond motifs is 1. The third kappa shape index (κ3) is 8.66. The molecule has 0 aliphatic carbocycles. The van der Waals surface area contributed by atoms with E-state index in [1.165, 1.54) is 35.3 Å². The number of nitrogens with one attached hydrogen (secondary N) is 1. The Hall–Kier alpha value is -2.77. The van der Waals surface area contributed by atoms with Gasteiger partial charge in [-0.2, -0.15) is 13.2 Å². The molecule has 0 aromatic heterocycles. The highest BCUT2D eigenvalue weighted by atomic mass is 19.4. The second kappa shape index (κ2) is 14.8. The molecular formula is C30H42BF5N2O5. The Morgan fingerprint density at radius 1 is 1.05 bits per heavy atom. The number of halogens is 5. The first kappa shape index (κ1) is 36.4. The molecule has 1 amide bonds. The Balaban J connectivity index is 0.000000268. The predicted molar refractivity (Wildman–Crippen MR) is 156 cm³/mol. The average molecular weight is 616 g/mol. The Labute approximate surface area is 250 Å². The Morgan fingerprint density at radius 2 is 1.56 bits per heavy atom. The van der Waals surface area contributed by atoms with Gasteiger partial charge in [0.2, 0.25) is 5.91 Å². The Bertz CT molecular complexity index is 1200. The largest absolute Gasteiger partial charge is 0.495 e. The lowest BCUT2D eigenvalue weighted by atomic mass is 9.76. The molecule has 13 heteroatoms. The van der Waals surface area contributed by atoms with Gasteiger partial charge < -0.3 is 19.4 Å². The highest BCUT2D eigenvalue weighted by molar-refractivity contribution is 6.65. The van der Waals surface area contributed by atoms with Gasteiger partial charge in [0.15, 0.2) is 0 Å². The molecule has 7 nitrogen and oxygen atoms in total. The van der Waals surface area contributed by atoms with Gasteiger partial charge >= 0.3 is 13.3 Å². The summed E-state index contributed by atoms with van der Waals surface area (Å²) in [5, 5.41) is 4.67. The van der Waals surface area contributed by atoms with E-state index in [2.05, 4.69) is 81.1 Å². The number of nitrogens with zero attached hydrogens (tertiary/aromatic N) is 1. The zero-order valence-electron chi connectivity index (χ0n) is 25.8. The van der Waals surface area contributed by atoms with Gasteiger partial charge in [-0.25, -0.2) is 8.78 Å². The second-order valence-corrected chi connectivity index (χ2v) is 11.6. The number of methoxy groups -OCH3 is 1. The Morgan fingerprint density at radius 3 is 2.02 bits per heavy atom. The van der Waals surface area contributed by atoms with Crippen molar-refractivity contribution in [3.05, 3.63) is 42.0 Å². The first-order chi connectivity index (χ1) is 20.0. The van der Waals surface area contributed by atoms with Crippen LogP contribution in [0.1, 0.15) is 53.0 Å². The van der Waals surface area contributed by atoms with Crippen LogP contribution in [-0.4, -0.2) is 81.5 Å². The molecule has 2 aliphatic rings. The standard InChI is InChI=1S/C17H21BO2.C11H17F5N2O.C2H4O2/c1-12-8-6-10-14-13(12)9-7-11-15(14)18-19-16(2,3)17(4,5)20-18;1-2-17-9(19)10(11(14,15)16)3-5-18(6-4-10)7-8(12)13;1-4-2-3/h6-11H,1-5H3;8H,2-7H2,1H3,(H,17,19);2H,1H3. The van der Waals surface area contributed by atoms with Crippen LogP contribution in [-0.2, 0) is 23.6 Å². The third-order valence-electron chi connectivity index (χ3n) is 8.20. The van der Waals surface area contributed by atoms with Gasteiger partial charge in [-0.1, -0.05) is 36.4 Å². The van der Waals surface area contributed by atoms with Crippen molar-refractivity contribution in [3.8, 4) is 0 Å². The van der Waals surface area contributed by atoms with Crippen molar-refractivity contribution in [1.82, 2.24) is 10.2 Å². The number of likely N-dealkylation sites (tertiary alicyclic amines) is 1. The lowest BCUT2D eigenvalue weighted by Crippen LogP contribution is -2.56. The van der Waals surface area contributed by atoms with E-state index in [9.17, 15) is 26.7 Å². The Kier molecular flexibility index (Phi) is 12.5. The van der Waals surface area contributed by atoms with Crippen LogP contribution in [0.5, 0.6) is 0 Å². The monoisotopic (exact) mass is 616 g/mol. The summed E-state index contributed by atoms with van der Waals surface area (Å²) in [5.74, 6) is -1.06. The topological polar surface area (TPSA) is 77.1 Å². The maximum absolute atomic E-state index is 13.1. The van der Waals surface area contributed by atoms with Crippen molar-refractivity contribution in [1.29, 1.82) is 0 Å². The normalized spacial score (nSPS) is 19.1. The summed E-state index contributed by atoms with van der Waals surface area (Å²) < 4.78 is 80.0. The van der Waals surface area contributed by atoms with Gasteiger partial charge in [-0.05, 0) is 89.3 Å². The molecule has 43 heavy (non-hydrogen) atoms. The van der Waals surface area contributed by atoms with Crippen molar-refractivity contribution >= 4 is 35.7 Å². The minimum atomic E-state index is -4.66. The number of hydrogen-bond acceptors (Lipinski definition) is 6. The molecule has 0 unspecified atom stereocenters. The SMILES string of the molecule is CCNC(=O)C1(C(F)(F)F)CCN(CC(F)F)CC1.COC=O.Cc1cccc2c(B3OC(C)(C)C(C)(C)O3)cccc12. The average Bonchev–Trinajstić information content (AvgIpc) is 3.15. The molecule has 0 atom stereocenters. The van der Waals surface area contributed by atoms with E-state index in [-0.39, 0.29) is 38.0 Å². The van der Waals surface area contributed by atoms with Crippen molar-refractivity contribution in [3.63, 3.8) is 0 Å². The maximum atomic E-state index is 13.1. The number of hydrogen-bond donors (Lipinski definition) is 1. The molecule has 2 saturated heterocycles. The lowest BCUT2D eigenvalue weighted by molar-refractivity contribution is -0.233. The highest BCUT2D eigenvalue weighted by Crippen LogP contribution is 2.46. The van der Waals surface area contributed by atoms with Crippen LogP contribution >= 0.6 is 0 Å². The molecule has 0 saturated carbocycles. The number of rotatable bonds is 6. The predicted octanol–water partition coefficient (Wildman–Crippen LogP) is 5.27. The molecule has 2 aromatic carbocycles. The van der Waals surface area contributed by atoms with E-state index >= 15 is 0 Å². The van der Waals surface area contributed by atoms with Gasteiger partial charge in [0.1, 0.15) is 5.41 Å². The van der Waals surface area contributed by atoms with E-state index in [1.807, 2.05) is 0 Å². The molecule has 2 aliphatic heterocycles. The van der Waals surface area contributed by atoms with Crippen LogP contribution in [0.4, 0.5) is 22.0 Å². The highest BCUT2D eigenvalue weighted by Gasteiger charge is 2.60. The lowest BCUT2D eigenvalue weighted by Gasteiger charge is -2.41. The van der Waals surface area contributed by atoms with Crippen molar-refractivity contribution in [2.75, 3.05) is 33.3 Å². The summed E-state index contributed by atoms with van der Waals surface area (Å²) in [6, 6.07) is 12.7. The number of alkyl halides is 5. The number of carbonyl (C=O) groups is 2. The third-order valence-corrected chi connectivity index (χ3v) is 8.20. The smallest absolute Gasteiger partial charge is 0.471 e. The molecule has 0 bridgehead atoms. The van der Waals surface area contributed by atoms with Gasteiger partial charge in [0.05, 0.1) is 24.9 Å². The molecule has 2 aromatic rings. The second-order valence-electron chi connectivity index (χ2n) is 11.6. The molecule has 2 fully saturated rings. The zero-order valence-corrected chi connectivity index (χ0v) is 25.8. The van der Waals surface area contributed by atoms with Crippen molar-refractivity contribution in [2.24, 2.45) is 5.41 Å². The summed E-state index contributed by atoms with van der Waals surface area (Å²) in [6.07, 6.45) is -8.20. The number of aryl methyl sites for hydroxylation is 1. The fourth-order valence-electron chi connectivity index (χ4n) is 4.95. The molecule has 240 valence electrons. The quantitative estimate of drug-likeness (QED) is 0.271. The van der Waals surface area contributed by atoms with E-state index in [0.29, 0.717) is 6.47 Å². The molecular weight excluding hydrogens is 574 g/mol. The summed E-state index contributed by atoms with van der Waals surface area (Å²) in [4.78, 5) is 21.9. The first-order valence-corrected chi connectivity index (χ1v) is 14.1. The first-order valence-electron chi connectivity index (χ1n) is 14.1. The van der Waals surface area contributed by atoms with E-state index in [4.69, 9.17) is 14.1 Å². The summed E-state index contributed by atoms with van der Waals surface area (Å²) in [7, 11) is 1.01. The fraction of sp³-hybridized carbons (Fsp3) is 0.600. The van der Waals surface area contributed by atoms with Gasteiger partial charge in [-0.15, -0.1) is 0 Å². The number of benzene rings is 2. The van der Waals surface area contributed by atoms with Crippen LogP contribution in [0.15, 0.2) is 36.4 Å². The van der Waals surface area contributed by atoms with Crippen LogP contribution in [0.3, 0.4) is 0 Å². The number of ether oxygens (including phenoxy) is 1. The fourth-order valence-corrected chi connectivity index (χ4v) is 4.95. The van der Waals surface area contributed by atoms with Crippen LogP contribution in [0.25, 0.3) is 10.8 Å².